The van der Waals surface area contributed by atoms with Crippen LogP contribution in [0.5, 0.6) is 0 Å². The summed E-state index contributed by atoms with van der Waals surface area (Å²) >= 11 is 0. The third kappa shape index (κ3) is 8.67. The Bertz CT molecular complexity index is 711. The van der Waals surface area contributed by atoms with Gasteiger partial charge in [0.15, 0.2) is 5.82 Å². The van der Waals surface area contributed by atoms with Crippen LogP contribution in [0, 0.1) is 18.3 Å². The fourth-order valence-electron chi connectivity index (χ4n) is 3.20. The Morgan fingerprint density at radius 3 is 2.53 bits per heavy atom. The maximum absolute atomic E-state index is 10.7. The summed E-state index contributed by atoms with van der Waals surface area (Å²) in [6.45, 7) is 9.99. The lowest BCUT2D eigenvalue weighted by atomic mass is 9.93. The second-order valence-corrected chi connectivity index (χ2v) is 7.06. The van der Waals surface area contributed by atoms with Gasteiger partial charge in [-0.05, 0) is 37.8 Å². The lowest BCUT2D eigenvalue weighted by molar-refractivity contribution is -0.142. The number of carboxylic acids is 1. The molecule has 3 heterocycles. The number of piperidine rings is 1. The Morgan fingerprint density at radius 2 is 2.07 bits per heavy atom. The smallest absolute Gasteiger partial charge is 0.306 e. The van der Waals surface area contributed by atoms with Crippen LogP contribution >= 0.6 is 0 Å². The van der Waals surface area contributed by atoms with Gasteiger partial charge in [-0.1, -0.05) is 38.5 Å². The molecule has 1 unspecified atom stereocenters. The first-order valence-electron chi connectivity index (χ1n) is 10.7. The Balaban J connectivity index is 0.000000280. The van der Waals surface area contributed by atoms with E-state index in [-0.39, 0.29) is 0 Å². The molecular weight excluding hydrogens is 382 g/mol. The molecule has 166 valence electrons. The van der Waals surface area contributed by atoms with Crippen LogP contribution in [-0.2, 0) is 11.2 Å². The first kappa shape index (κ1) is 25.2. The molecule has 9 heteroatoms. The number of nitrogens with zero attached hydrogens (tertiary/aromatic N) is 5. The molecule has 0 saturated carbocycles. The molecular formula is C21H35N7O2. The third-order valence-electron chi connectivity index (χ3n) is 4.87. The lowest BCUT2D eigenvalue weighted by Gasteiger charge is -2.29. The zero-order valence-corrected chi connectivity index (χ0v) is 18.5. The minimum absolute atomic E-state index is 0.347. The lowest BCUT2D eigenvalue weighted by Crippen LogP contribution is -2.31. The van der Waals surface area contributed by atoms with Gasteiger partial charge >= 0.3 is 5.97 Å². The van der Waals surface area contributed by atoms with Crippen LogP contribution in [0.3, 0.4) is 0 Å². The van der Waals surface area contributed by atoms with Gasteiger partial charge in [0.1, 0.15) is 0 Å². The van der Waals surface area contributed by atoms with E-state index in [1.807, 2.05) is 27.0 Å². The minimum Gasteiger partial charge on any atom is -0.481 e. The van der Waals surface area contributed by atoms with Crippen molar-refractivity contribution in [2.75, 3.05) is 13.1 Å². The van der Waals surface area contributed by atoms with Gasteiger partial charge in [0.2, 0.25) is 0 Å². The van der Waals surface area contributed by atoms with Gasteiger partial charge in [-0.3, -0.25) is 15.2 Å². The Kier molecular flexibility index (Phi) is 11.9. The molecule has 0 aromatic carbocycles. The number of likely N-dealkylation sites (tertiary alicyclic amines) is 1. The summed E-state index contributed by atoms with van der Waals surface area (Å²) in [6.07, 6.45) is 7.45. The summed E-state index contributed by atoms with van der Waals surface area (Å²) in [5, 5.41) is 29.1. The number of carbonyl (C=O) groups is 1. The SMILES string of the molecule is CC.CCCC(Cc1nn[nH]n1)C(=O)O.Cc1ccc(C2CCN(C=N)CC2)nc1. The zero-order valence-electron chi connectivity index (χ0n) is 18.5. The molecule has 3 rings (SSSR count). The third-order valence-corrected chi connectivity index (χ3v) is 4.87. The largest absolute Gasteiger partial charge is 0.481 e. The van der Waals surface area contributed by atoms with Crippen LogP contribution in [0.25, 0.3) is 0 Å². The highest BCUT2D eigenvalue weighted by atomic mass is 16.4. The number of aromatic nitrogens is 5. The summed E-state index contributed by atoms with van der Waals surface area (Å²) in [6, 6.07) is 4.27. The van der Waals surface area contributed by atoms with Gasteiger partial charge in [0.05, 0.1) is 12.3 Å². The van der Waals surface area contributed by atoms with E-state index >= 15 is 0 Å². The van der Waals surface area contributed by atoms with Gasteiger partial charge in [0.25, 0.3) is 0 Å². The Labute approximate surface area is 178 Å². The number of hydrogen-bond acceptors (Lipinski definition) is 6. The predicted octanol–water partition coefficient (Wildman–Crippen LogP) is 3.45. The Hall–Kier alpha value is -2.84. The number of tetrazole rings is 1. The van der Waals surface area contributed by atoms with Crippen molar-refractivity contribution in [2.24, 2.45) is 5.92 Å². The molecule has 9 nitrogen and oxygen atoms in total. The van der Waals surface area contributed by atoms with Gasteiger partial charge in [-0.2, -0.15) is 5.21 Å². The van der Waals surface area contributed by atoms with Crippen LogP contribution in [0.4, 0.5) is 0 Å². The second kappa shape index (κ2) is 14.2. The molecule has 0 spiro atoms. The minimum atomic E-state index is -0.799. The molecule has 0 amide bonds. The fourth-order valence-corrected chi connectivity index (χ4v) is 3.20. The van der Waals surface area contributed by atoms with Crippen molar-refractivity contribution in [2.45, 2.75) is 65.7 Å². The number of aromatic amines is 1. The number of nitrogens with one attached hydrogen (secondary N) is 2. The van der Waals surface area contributed by atoms with Crippen LogP contribution in [0.15, 0.2) is 18.3 Å². The van der Waals surface area contributed by atoms with Gasteiger partial charge in [-0.15, -0.1) is 10.2 Å². The molecule has 2 aromatic rings. The quantitative estimate of drug-likeness (QED) is 0.464. The van der Waals surface area contributed by atoms with E-state index in [0.717, 1.165) is 32.4 Å². The molecule has 1 aliphatic rings. The number of aryl methyl sites for hydroxylation is 1. The summed E-state index contributed by atoms with van der Waals surface area (Å²) in [7, 11) is 0. The molecule has 0 bridgehead atoms. The van der Waals surface area contributed by atoms with Crippen molar-refractivity contribution in [1.82, 2.24) is 30.5 Å². The van der Waals surface area contributed by atoms with Crippen LogP contribution in [0.2, 0.25) is 0 Å². The number of rotatable bonds is 7. The average Bonchev–Trinajstić information content (AvgIpc) is 3.29. The van der Waals surface area contributed by atoms with Crippen molar-refractivity contribution in [3.63, 3.8) is 0 Å². The molecule has 2 aromatic heterocycles. The number of pyridine rings is 1. The van der Waals surface area contributed by atoms with Crippen molar-refractivity contribution in [3.8, 4) is 0 Å². The summed E-state index contributed by atoms with van der Waals surface area (Å²) < 4.78 is 0. The van der Waals surface area contributed by atoms with Crippen molar-refractivity contribution in [3.05, 3.63) is 35.4 Å². The number of aliphatic carboxylic acids is 1. The molecule has 0 aliphatic carbocycles. The molecule has 1 aliphatic heterocycles. The Morgan fingerprint density at radius 1 is 1.37 bits per heavy atom. The molecule has 1 atom stereocenters. The standard InChI is InChI=1S/C12H17N3.C7H12N4O2.C2H6/c1-10-2-3-12(14-8-10)11-4-6-15(9-13)7-5-11;1-2-3-5(7(12)13)4-6-8-10-11-9-6;1-2/h2-3,8-9,11,13H,4-7H2,1H3;5H,2-4H2,1H3,(H,12,13)(H,8,9,10,11);1-2H3. The normalized spacial score (nSPS) is 14.6. The first-order chi connectivity index (χ1) is 14.5. The number of carboxylic acid groups (broad SMARTS) is 1. The maximum Gasteiger partial charge on any atom is 0.306 e. The average molecular weight is 418 g/mol. The van der Waals surface area contributed by atoms with Gasteiger partial charge in [0, 0.05) is 37.3 Å². The highest BCUT2D eigenvalue weighted by Crippen LogP contribution is 2.25. The monoisotopic (exact) mass is 417 g/mol. The zero-order chi connectivity index (χ0) is 22.4. The second-order valence-electron chi connectivity index (χ2n) is 7.06. The topological polar surface area (TPSA) is 132 Å². The molecule has 3 N–H and O–H groups in total. The van der Waals surface area contributed by atoms with Crippen LogP contribution < -0.4 is 0 Å². The van der Waals surface area contributed by atoms with Crippen LogP contribution in [0.1, 0.15) is 69.5 Å². The first-order valence-corrected chi connectivity index (χ1v) is 10.7. The molecule has 1 fully saturated rings. The van der Waals surface area contributed by atoms with Gasteiger partial charge < -0.3 is 10.0 Å². The fraction of sp³-hybridized carbons (Fsp3) is 0.619. The maximum atomic E-state index is 10.7. The van der Waals surface area contributed by atoms with E-state index in [0.29, 0.717) is 24.6 Å². The summed E-state index contributed by atoms with van der Waals surface area (Å²) in [5.74, 6) is -0.156. The number of H-pyrrole nitrogens is 1. The van der Waals surface area contributed by atoms with Gasteiger partial charge in [-0.25, -0.2) is 0 Å². The molecule has 1 saturated heterocycles. The highest BCUT2D eigenvalue weighted by Gasteiger charge is 2.20. The molecule has 30 heavy (non-hydrogen) atoms. The number of hydrogen-bond donors (Lipinski definition) is 3. The van der Waals surface area contributed by atoms with Crippen molar-refractivity contribution >= 4 is 12.3 Å². The highest BCUT2D eigenvalue weighted by molar-refractivity contribution is 5.70. The predicted molar refractivity (Wildman–Crippen MR) is 117 cm³/mol. The van der Waals surface area contributed by atoms with Crippen molar-refractivity contribution in [1.29, 1.82) is 5.41 Å². The van der Waals surface area contributed by atoms with E-state index < -0.39 is 11.9 Å². The van der Waals surface area contributed by atoms with Crippen LogP contribution in [-0.4, -0.2) is 61.0 Å². The van der Waals surface area contributed by atoms with E-state index in [2.05, 4.69) is 49.6 Å². The van der Waals surface area contributed by atoms with E-state index in [9.17, 15) is 4.79 Å². The van der Waals surface area contributed by atoms with E-state index in [1.165, 1.54) is 17.6 Å². The van der Waals surface area contributed by atoms with Crippen molar-refractivity contribution < 1.29 is 9.90 Å². The van der Waals surface area contributed by atoms with E-state index in [1.54, 1.807) is 0 Å². The summed E-state index contributed by atoms with van der Waals surface area (Å²) in [5.41, 5.74) is 2.43. The summed E-state index contributed by atoms with van der Waals surface area (Å²) in [4.78, 5) is 17.3. The molecule has 0 radical (unpaired) electrons. The van der Waals surface area contributed by atoms with E-state index in [4.69, 9.17) is 10.5 Å².